The molecule has 0 radical (unpaired) electrons. The highest BCUT2D eigenvalue weighted by Gasteiger charge is 2.06. The van der Waals surface area contributed by atoms with E-state index in [1.165, 1.54) is 6.33 Å². The van der Waals surface area contributed by atoms with Gasteiger partial charge >= 0.3 is 0 Å². The monoisotopic (exact) mass is 194 g/mol. The molecule has 0 unspecified atom stereocenters. The summed E-state index contributed by atoms with van der Waals surface area (Å²) in [7, 11) is 3.44. The molecular weight excluding hydrogens is 180 g/mol. The summed E-state index contributed by atoms with van der Waals surface area (Å²) in [5.74, 6) is 0.514. The summed E-state index contributed by atoms with van der Waals surface area (Å²) in [6.07, 6.45) is 3.14. The molecule has 0 atom stereocenters. The number of ether oxygens (including phenoxy) is 1. The second-order valence-electron chi connectivity index (χ2n) is 2.41. The summed E-state index contributed by atoms with van der Waals surface area (Å²) in [4.78, 5) is 12.1. The van der Waals surface area contributed by atoms with Crippen LogP contribution in [-0.4, -0.2) is 26.6 Å². The summed E-state index contributed by atoms with van der Waals surface area (Å²) in [5, 5.41) is 0. The van der Waals surface area contributed by atoms with Gasteiger partial charge in [0, 0.05) is 7.05 Å². The summed E-state index contributed by atoms with van der Waals surface area (Å²) in [5.41, 5.74) is 1.48. The third kappa shape index (κ3) is 1.66. The molecule has 0 saturated heterocycles. The molecule has 0 aliphatic rings. The quantitative estimate of drug-likeness (QED) is 0.688. The van der Waals surface area contributed by atoms with Gasteiger partial charge in [0.1, 0.15) is 6.33 Å². The summed E-state index contributed by atoms with van der Waals surface area (Å²) < 4.78 is 6.83. The zero-order valence-electron chi connectivity index (χ0n) is 8.85. The van der Waals surface area contributed by atoms with Crippen molar-refractivity contribution in [3.8, 4) is 5.88 Å². The van der Waals surface area contributed by atoms with E-state index in [-0.39, 0.29) is 0 Å². The lowest BCUT2D eigenvalue weighted by Gasteiger charge is -1.97. The number of hydrogen-bond acceptors (Lipinski definition) is 4. The van der Waals surface area contributed by atoms with Crippen LogP contribution in [0.25, 0.3) is 11.2 Å². The molecule has 14 heavy (non-hydrogen) atoms. The largest absolute Gasteiger partial charge is 0.479 e. The minimum absolute atomic E-state index is 0.514. The highest BCUT2D eigenvalue weighted by atomic mass is 16.5. The highest BCUT2D eigenvalue weighted by Crippen LogP contribution is 2.17. The molecule has 2 heterocycles. The zero-order valence-corrected chi connectivity index (χ0v) is 8.85. The Bertz CT molecular complexity index is 410. The van der Waals surface area contributed by atoms with E-state index in [1.54, 1.807) is 13.4 Å². The number of hydrogen-bond donors (Lipinski definition) is 0. The highest BCUT2D eigenvalue weighted by molar-refractivity contribution is 5.75. The molecule has 0 fully saturated rings. The Labute approximate surface area is 82.8 Å². The van der Waals surface area contributed by atoms with E-state index in [0.29, 0.717) is 11.4 Å². The first-order chi connectivity index (χ1) is 6.83. The Hall–Kier alpha value is -1.65. The maximum atomic E-state index is 5.01. The molecule has 0 spiro atoms. The number of nitrogens with zero attached hydrogens (tertiary/aromatic N) is 4. The first-order valence-corrected chi connectivity index (χ1v) is 4.49. The van der Waals surface area contributed by atoms with Crippen molar-refractivity contribution in [1.29, 1.82) is 0 Å². The molecule has 0 aliphatic carbocycles. The lowest BCUT2D eigenvalue weighted by molar-refractivity contribution is 0.401. The Morgan fingerprint density at radius 1 is 1.21 bits per heavy atom. The van der Waals surface area contributed by atoms with Crippen molar-refractivity contribution in [1.82, 2.24) is 19.5 Å². The fraction of sp³-hybridized carbons (Fsp3) is 0.444. The maximum Gasteiger partial charge on any atom is 0.245 e. The molecule has 0 saturated carbocycles. The van der Waals surface area contributed by atoms with Crippen molar-refractivity contribution in [3.05, 3.63) is 12.7 Å². The van der Waals surface area contributed by atoms with Gasteiger partial charge in [0.15, 0.2) is 11.2 Å². The van der Waals surface area contributed by atoms with Crippen molar-refractivity contribution < 1.29 is 4.74 Å². The van der Waals surface area contributed by atoms with Gasteiger partial charge in [0.25, 0.3) is 0 Å². The van der Waals surface area contributed by atoms with Crippen LogP contribution in [-0.2, 0) is 7.05 Å². The predicted octanol–water partition coefficient (Wildman–Crippen LogP) is 1.40. The van der Waals surface area contributed by atoms with Crippen LogP contribution < -0.4 is 4.74 Å². The van der Waals surface area contributed by atoms with E-state index in [2.05, 4.69) is 15.0 Å². The number of methoxy groups -OCH3 is 1. The van der Waals surface area contributed by atoms with Gasteiger partial charge in [-0.05, 0) is 0 Å². The molecule has 0 aliphatic heterocycles. The van der Waals surface area contributed by atoms with Crippen molar-refractivity contribution >= 4 is 11.2 Å². The van der Waals surface area contributed by atoms with Gasteiger partial charge < -0.3 is 9.30 Å². The van der Waals surface area contributed by atoms with Crippen molar-refractivity contribution in [2.24, 2.45) is 7.05 Å². The number of aromatic nitrogens is 4. The third-order valence-electron chi connectivity index (χ3n) is 1.66. The van der Waals surface area contributed by atoms with Crippen LogP contribution in [0.5, 0.6) is 5.88 Å². The van der Waals surface area contributed by atoms with E-state index in [1.807, 2.05) is 25.5 Å². The molecule has 2 rings (SSSR count). The normalized spacial score (nSPS) is 9.43. The van der Waals surface area contributed by atoms with Gasteiger partial charge in [0.05, 0.1) is 13.4 Å². The topological polar surface area (TPSA) is 52.8 Å². The molecule has 2 aromatic rings. The van der Waals surface area contributed by atoms with Crippen LogP contribution in [0.1, 0.15) is 13.8 Å². The molecule has 2 aromatic heterocycles. The van der Waals surface area contributed by atoms with Crippen LogP contribution in [0.15, 0.2) is 12.7 Å². The van der Waals surface area contributed by atoms with E-state index in [0.717, 1.165) is 5.65 Å². The van der Waals surface area contributed by atoms with Gasteiger partial charge in [-0.15, -0.1) is 0 Å². The smallest absolute Gasteiger partial charge is 0.245 e. The van der Waals surface area contributed by atoms with Crippen molar-refractivity contribution in [2.45, 2.75) is 13.8 Å². The number of fused-ring (bicyclic) bond motifs is 1. The Kier molecular flexibility index (Phi) is 3.39. The molecule has 0 aromatic carbocycles. The molecule has 5 heteroatoms. The van der Waals surface area contributed by atoms with E-state index in [9.17, 15) is 0 Å². The predicted molar refractivity (Wildman–Crippen MR) is 54.2 cm³/mol. The lowest BCUT2D eigenvalue weighted by Crippen LogP contribution is -1.92. The second-order valence-corrected chi connectivity index (χ2v) is 2.41. The standard InChI is InChI=1S/C7H8N4O.C2H6/c1-11-4-10-5-6(11)8-3-9-7(5)12-2;1-2/h3-4H,1-2H3;1-2H3. The Balaban J connectivity index is 0.000000461. The van der Waals surface area contributed by atoms with Crippen LogP contribution >= 0.6 is 0 Å². The zero-order chi connectivity index (χ0) is 10.6. The molecule has 76 valence electrons. The van der Waals surface area contributed by atoms with Crippen LogP contribution in [0.2, 0.25) is 0 Å². The van der Waals surface area contributed by atoms with Crippen LogP contribution in [0.3, 0.4) is 0 Å². The van der Waals surface area contributed by atoms with Gasteiger partial charge in [-0.25, -0.2) is 9.97 Å². The Morgan fingerprint density at radius 2 is 1.93 bits per heavy atom. The van der Waals surface area contributed by atoms with Gasteiger partial charge in [-0.2, -0.15) is 4.98 Å². The fourth-order valence-electron chi connectivity index (χ4n) is 1.07. The number of aryl methyl sites for hydroxylation is 1. The average molecular weight is 194 g/mol. The minimum Gasteiger partial charge on any atom is -0.479 e. The minimum atomic E-state index is 0.514. The number of rotatable bonds is 1. The summed E-state index contributed by atoms with van der Waals surface area (Å²) >= 11 is 0. The van der Waals surface area contributed by atoms with Crippen LogP contribution in [0, 0.1) is 0 Å². The molecular formula is C9H14N4O. The second kappa shape index (κ2) is 4.55. The molecule has 5 nitrogen and oxygen atoms in total. The first-order valence-electron chi connectivity index (χ1n) is 4.49. The van der Waals surface area contributed by atoms with E-state index >= 15 is 0 Å². The van der Waals surface area contributed by atoms with Crippen molar-refractivity contribution in [2.75, 3.05) is 7.11 Å². The van der Waals surface area contributed by atoms with E-state index in [4.69, 9.17) is 4.74 Å². The van der Waals surface area contributed by atoms with Gasteiger partial charge in [0.2, 0.25) is 5.88 Å². The SMILES string of the molecule is CC.COc1ncnc2c1ncn2C. The molecule has 0 N–H and O–H groups in total. The third-order valence-corrected chi connectivity index (χ3v) is 1.66. The number of imidazole rings is 1. The lowest BCUT2D eigenvalue weighted by atomic mass is 10.5. The van der Waals surface area contributed by atoms with Gasteiger partial charge in [-0.1, -0.05) is 13.8 Å². The van der Waals surface area contributed by atoms with Gasteiger partial charge in [-0.3, -0.25) is 0 Å². The summed E-state index contributed by atoms with van der Waals surface area (Å²) in [6.45, 7) is 4.00. The van der Waals surface area contributed by atoms with Crippen LogP contribution in [0.4, 0.5) is 0 Å². The molecule has 0 amide bonds. The Morgan fingerprint density at radius 3 is 2.57 bits per heavy atom. The first kappa shape index (κ1) is 10.4. The molecule has 0 bridgehead atoms. The summed E-state index contributed by atoms with van der Waals surface area (Å²) in [6, 6.07) is 0. The average Bonchev–Trinajstić information content (AvgIpc) is 2.64. The van der Waals surface area contributed by atoms with Crippen molar-refractivity contribution in [3.63, 3.8) is 0 Å². The van der Waals surface area contributed by atoms with E-state index < -0.39 is 0 Å². The maximum absolute atomic E-state index is 5.01. The fourth-order valence-corrected chi connectivity index (χ4v) is 1.07.